The maximum absolute atomic E-state index is 14.2. The predicted octanol–water partition coefficient (Wildman–Crippen LogP) is 7.35. The van der Waals surface area contributed by atoms with Crippen molar-refractivity contribution in [2.75, 3.05) is 13.1 Å². The van der Waals surface area contributed by atoms with Crippen LogP contribution < -0.4 is 0 Å². The highest BCUT2D eigenvalue weighted by Crippen LogP contribution is 2.39. The largest absolute Gasteiger partial charge is 0.435 e. The lowest BCUT2D eigenvalue weighted by Crippen LogP contribution is -2.33. The molecular formula is C30H27F4N5O. The molecule has 6 rings (SSSR count). The van der Waals surface area contributed by atoms with E-state index in [4.69, 9.17) is 4.42 Å². The number of benzene rings is 3. The Morgan fingerprint density at radius 3 is 2.60 bits per heavy atom. The summed E-state index contributed by atoms with van der Waals surface area (Å²) in [6.45, 7) is 4.31. The fourth-order valence-corrected chi connectivity index (χ4v) is 5.50. The lowest BCUT2D eigenvalue weighted by molar-refractivity contribution is -0.136. The molecule has 0 unspecified atom stereocenters. The Hall–Kier alpha value is -4.05. The van der Waals surface area contributed by atoms with Gasteiger partial charge in [-0.1, -0.05) is 25.1 Å². The van der Waals surface area contributed by atoms with Gasteiger partial charge in [0.1, 0.15) is 23.2 Å². The van der Waals surface area contributed by atoms with Crippen LogP contribution in [0.2, 0.25) is 0 Å². The third-order valence-electron chi connectivity index (χ3n) is 7.36. The molecule has 0 amide bonds. The van der Waals surface area contributed by atoms with E-state index in [0.29, 0.717) is 46.1 Å². The molecule has 0 aliphatic carbocycles. The number of oxazole rings is 1. The van der Waals surface area contributed by atoms with Crippen LogP contribution in [-0.2, 0) is 19.8 Å². The van der Waals surface area contributed by atoms with Gasteiger partial charge < -0.3 is 8.98 Å². The highest BCUT2D eigenvalue weighted by Gasteiger charge is 2.36. The molecule has 3 heterocycles. The molecule has 3 aromatic carbocycles. The number of aromatic nitrogens is 4. The first-order valence-corrected chi connectivity index (χ1v) is 13.1. The molecule has 6 nitrogen and oxygen atoms in total. The Kier molecular flexibility index (Phi) is 6.66. The molecule has 0 saturated carbocycles. The molecular weight excluding hydrogens is 522 g/mol. The highest BCUT2D eigenvalue weighted by atomic mass is 19.4. The zero-order valence-corrected chi connectivity index (χ0v) is 22.0. The number of hydrogen-bond donors (Lipinski definition) is 0. The fraction of sp³-hybridized carbons (Fsp3) is 0.300. The summed E-state index contributed by atoms with van der Waals surface area (Å²) in [5, 5.41) is 8.01. The van der Waals surface area contributed by atoms with Crippen molar-refractivity contribution in [3.05, 3.63) is 77.9 Å². The normalized spacial score (nSPS) is 16.6. The lowest BCUT2D eigenvalue weighted by Gasteiger charge is -2.30. The molecule has 2 aromatic heterocycles. The van der Waals surface area contributed by atoms with Crippen LogP contribution in [0.5, 0.6) is 0 Å². The van der Waals surface area contributed by atoms with Crippen molar-refractivity contribution in [3.63, 3.8) is 0 Å². The molecule has 1 aliphatic heterocycles. The van der Waals surface area contributed by atoms with E-state index in [1.807, 2.05) is 6.07 Å². The SMILES string of the molecule is C[C@H]1CCCN(Cc2cc(C(F)(F)F)c3oc(-c4cccc(-c5ccc(F)cc5-c5nncn5C)c4)nc3c2)C1. The van der Waals surface area contributed by atoms with Gasteiger partial charge in [-0.3, -0.25) is 4.90 Å². The third kappa shape index (κ3) is 5.11. The van der Waals surface area contributed by atoms with Crippen molar-refractivity contribution < 1.29 is 22.0 Å². The summed E-state index contributed by atoms with van der Waals surface area (Å²) in [5.74, 6) is 0.646. The van der Waals surface area contributed by atoms with Gasteiger partial charge in [0.15, 0.2) is 11.4 Å². The van der Waals surface area contributed by atoms with E-state index in [1.54, 1.807) is 41.9 Å². The Balaban J connectivity index is 1.41. The topological polar surface area (TPSA) is 60.0 Å². The first-order chi connectivity index (χ1) is 19.2. The molecule has 206 valence electrons. The minimum atomic E-state index is -4.60. The van der Waals surface area contributed by atoms with Crippen molar-refractivity contribution in [3.8, 4) is 34.0 Å². The molecule has 0 spiro atoms. The van der Waals surface area contributed by atoms with Crippen LogP contribution in [0, 0.1) is 11.7 Å². The van der Waals surface area contributed by atoms with Crippen LogP contribution >= 0.6 is 0 Å². The zero-order chi connectivity index (χ0) is 28.0. The molecule has 1 fully saturated rings. The van der Waals surface area contributed by atoms with E-state index in [9.17, 15) is 17.6 Å². The van der Waals surface area contributed by atoms with Gasteiger partial charge in [0.2, 0.25) is 5.89 Å². The van der Waals surface area contributed by atoms with Crippen molar-refractivity contribution in [1.29, 1.82) is 0 Å². The van der Waals surface area contributed by atoms with E-state index in [1.165, 1.54) is 24.5 Å². The smallest absolute Gasteiger partial charge is 0.420 e. The van der Waals surface area contributed by atoms with Gasteiger partial charge in [-0.2, -0.15) is 13.2 Å². The molecule has 10 heteroatoms. The molecule has 5 aromatic rings. The van der Waals surface area contributed by atoms with E-state index in [0.717, 1.165) is 25.9 Å². The first-order valence-electron chi connectivity index (χ1n) is 13.1. The number of fused-ring (bicyclic) bond motifs is 1. The number of alkyl halides is 3. The van der Waals surface area contributed by atoms with Crippen LogP contribution in [0.3, 0.4) is 0 Å². The van der Waals surface area contributed by atoms with Gasteiger partial charge in [0.05, 0.1) is 0 Å². The minimum Gasteiger partial charge on any atom is -0.435 e. The number of piperidine rings is 1. The van der Waals surface area contributed by atoms with Crippen molar-refractivity contribution >= 4 is 11.1 Å². The molecule has 40 heavy (non-hydrogen) atoms. The van der Waals surface area contributed by atoms with E-state index in [2.05, 4.69) is 27.0 Å². The third-order valence-corrected chi connectivity index (χ3v) is 7.36. The van der Waals surface area contributed by atoms with Crippen LogP contribution in [0.4, 0.5) is 17.6 Å². The first kappa shape index (κ1) is 26.2. The van der Waals surface area contributed by atoms with Crippen LogP contribution in [0.1, 0.15) is 30.9 Å². The van der Waals surface area contributed by atoms with E-state index < -0.39 is 17.6 Å². The monoisotopic (exact) mass is 549 g/mol. The summed E-state index contributed by atoms with van der Waals surface area (Å²) in [4.78, 5) is 6.68. The second-order valence-corrected chi connectivity index (χ2v) is 10.5. The number of hydrogen-bond acceptors (Lipinski definition) is 5. The average molecular weight is 550 g/mol. The maximum atomic E-state index is 14.2. The van der Waals surface area contributed by atoms with E-state index in [-0.39, 0.29) is 17.0 Å². The Labute approximate surface area is 228 Å². The number of rotatable bonds is 5. The van der Waals surface area contributed by atoms with Crippen LogP contribution in [0.15, 0.2) is 65.3 Å². The predicted molar refractivity (Wildman–Crippen MR) is 144 cm³/mol. The zero-order valence-electron chi connectivity index (χ0n) is 22.0. The van der Waals surface area contributed by atoms with Gasteiger partial charge in [-0.05, 0) is 78.4 Å². The van der Waals surface area contributed by atoms with Crippen molar-refractivity contribution in [1.82, 2.24) is 24.6 Å². The summed E-state index contributed by atoms with van der Waals surface area (Å²) < 4.78 is 64.1. The fourth-order valence-electron chi connectivity index (χ4n) is 5.50. The molecule has 0 radical (unpaired) electrons. The molecule has 1 saturated heterocycles. The van der Waals surface area contributed by atoms with Gasteiger partial charge in [0, 0.05) is 31.3 Å². The second kappa shape index (κ2) is 10.2. The number of nitrogens with zero attached hydrogens (tertiary/aromatic N) is 5. The summed E-state index contributed by atoms with van der Waals surface area (Å²) in [7, 11) is 1.76. The summed E-state index contributed by atoms with van der Waals surface area (Å²) in [5.41, 5.74) is 2.03. The lowest BCUT2D eigenvalue weighted by atomic mass is 9.97. The molecule has 1 aliphatic rings. The summed E-state index contributed by atoms with van der Waals surface area (Å²) in [6, 6.07) is 14.3. The Bertz CT molecular complexity index is 1690. The minimum absolute atomic E-state index is 0.0772. The Morgan fingerprint density at radius 1 is 1.02 bits per heavy atom. The summed E-state index contributed by atoms with van der Waals surface area (Å²) in [6.07, 6.45) is -0.905. The second-order valence-electron chi connectivity index (χ2n) is 10.5. The average Bonchev–Trinajstić information content (AvgIpc) is 3.54. The van der Waals surface area contributed by atoms with Crippen molar-refractivity contribution in [2.24, 2.45) is 13.0 Å². The molecule has 0 N–H and O–H groups in total. The number of likely N-dealkylation sites (tertiary alicyclic amines) is 1. The summed E-state index contributed by atoms with van der Waals surface area (Å²) >= 11 is 0. The molecule has 0 bridgehead atoms. The quantitative estimate of drug-likeness (QED) is 0.215. The van der Waals surface area contributed by atoms with Crippen LogP contribution in [-0.4, -0.2) is 37.7 Å². The van der Waals surface area contributed by atoms with Gasteiger partial charge in [-0.15, -0.1) is 10.2 Å². The van der Waals surface area contributed by atoms with Crippen LogP contribution in [0.25, 0.3) is 45.1 Å². The van der Waals surface area contributed by atoms with E-state index >= 15 is 0 Å². The molecule has 1 atom stereocenters. The highest BCUT2D eigenvalue weighted by molar-refractivity contribution is 5.84. The van der Waals surface area contributed by atoms with Gasteiger partial charge >= 0.3 is 6.18 Å². The van der Waals surface area contributed by atoms with Gasteiger partial charge in [-0.25, -0.2) is 9.37 Å². The Morgan fingerprint density at radius 2 is 1.85 bits per heavy atom. The maximum Gasteiger partial charge on any atom is 0.420 e. The number of aryl methyl sites for hydroxylation is 1. The van der Waals surface area contributed by atoms with Gasteiger partial charge in [0.25, 0.3) is 0 Å². The van der Waals surface area contributed by atoms with Crippen molar-refractivity contribution in [2.45, 2.75) is 32.5 Å². The standard InChI is InChI=1S/C30H27F4N5O/c1-18-5-4-10-39(15-18)16-19-11-25(30(32,33)34)27-26(12-19)36-29(40-27)21-7-3-6-20(13-21)23-9-8-22(31)14-24(23)28-37-35-17-38(28)2/h3,6-9,11-14,17-18H,4-5,10,15-16H2,1-2H3/t18-/m0/s1. The number of halogens is 4.